The number of morpholine rings is 1. The molecule has 3 rings (SSSR count). The van der Waals surface area contributed by atoms with Crippen molar-refractivity contribution in [3.05, 3.63) is 64.1 Å². The van der Waals surface area contributed by atoms with E-state index in [1.807, 2.05) is 48.5 Å². The Morgan fingerprint density at radius 2 is 1.68 bits per heavy atom. The average molecular weight is 403 g/mol. The fourth-order valence-corrected chi connectivity index (χ4v) is 3.43. The van der Waals surface area contributed by atoms with Crippen molar-refractivity contribution in [1.29, 1.82) is 0 Å². The molecule has 0 aliphatic carbocycles. The maximum Gasteiger partial charge on any atom is 0.255 e. The van der Waals surface area contributed by atoms with E-state index in [9.17, 15) is 4.79 Å². The minimum Gasteiger partial charge on any atom is -0.373 e. The van der Waals surface area contributed by atoms with Crippen molar-refractivity contribution in [3.8, 4) is 0 Å². The third kappa shape index (κ3) is 5.14. The van der Waals surface area contributed by atoms with Gasteiger partial charge in [-0.1, -0.05) is 28.1 Å². The van der Waals surface area contributed by atoms with Crippen molar-refractivity contribution >= 4 is 27.5 Å². The molecule has 0 saturated carbocycles. The third-order valence-electron chi connectivity index (χ3n) is 4.22. The Bertz CT molecular complexity index is 705. The predicted molar refractivity (Wildman–Crippen MR) is 104 cm³/mol. The largest absolute Gasteiger partial charge is 0.373 e. The van der Waals surface area contributed by atoms with Gasteiger partial charge in [0.1, 0.15) is 0 Å². The third-order valence-corrected chi connectivity index (χ3v) is 4.75. The molecule has 1 fully saturated rings. The molecule has 0 aromatic heterocycles. The Balaban J connectivity index is 1.59. The summed E-state index contributed by atoms with van der Waals surface area (Å²) in [7, 11) is 0. The summed E-state index contributed by atoms with van der Waals surface area (Å²) in [6.07, 6.45) is 0.527. The minimum atomic E-state index is -0.0949. The standard InChI is InChI=1S/C20H23BrN2O2/c1-14-11-23(12-15(2)25-14)13-16-3-5-17(6-4-16)20(24)22-19-9-7-18(21)8-10-19/h3-10,14-15H,11-13H2,1-2H3,(H,22,24). The molecule has 0 spiro atoms. The van der Waals surface area contributed by atoms with Gasteiger partial charge in [0.15, 0.2) is 0 Å². The SMILES string of the molecule is CC1CN(Cc2ccc(C(=O)Nc3ccc(Br)cc3)cc2)CC(C)O1. The normalized spacial score (nSPS) is 21.1. The van der Waals surface area contributed by atoms with Crippen molar-refractivity contribution in [2.75, 3.05) is 18.4 Å². The highest BCUT2D eigenvalue weighted by Crippen LogP contribution is 2.17. The van der Waals surface area contributed by atoms with Gasteiger partial charge >= 0.3 is 0 Å². The molecule has 2 atom stereocenters. The monoisotopic (exact) mass is 402 g/mol. The van der Waals surface area contributed by atoms with Gasteiger partial charge in [-0.3, -0.25) is 9.69 Å². The van der Waals surface area contributed by atoms with E-state index < -0.39 is 0 Å². The van der Waals surface area contributed by atoms with Crippen LogP contribution in [0.1, 0.15) is 29.8 Å². The number of carbonyl (C=O) groups is 1. The first-order valence-electron chi connectivity index (χ1n) is 8.53. The van der Waals surface area contributed by atoms with Gasteiger partial charge in [0.05, 0.1) is 12.2 Å². The van der Waals surface area contributed by atoms with E-state index >= 15 is 0 Å². The number of nitrogens with one attached hydrogen (secondary N) is 1. The second-order valence-corrected chi connectivity index (χ2v) is 7.53. The van der Waals surface area contributed by atoms with E-state index in [1.54, 1.807) is 0 Å². The molecule has 2 unspecified atom stereocenters. The van der Waals surface area contributed by atoms with Crippen molar-refractivity contribution in [2.45, 2.75) is 32.6 Å². The lowest BCUT2D eigenvalue weighted by Crippen LogP contribution is -2.44. The Morgan fingerprint density at radius 3 is 2.28 bits per heavy atom. The zero-order valence-electron chi connectivity index (χ0n) is 14.5. The molecule has 2 aromatic rings. The maximum atomic E-state index is 12.3. The molecule has 0 bridgehead atoms. The van der Waals surface area contributed by atoms with Crippen LogP contribution in [0.5, 0.6) is 0 Å². The Hall–Kier alpha value is -1.69. The number of hydrogen-bond donors (Lipinski definition) is 1. The number of rotatable bonds is 4. The fraction of sp³-hybridized carbons (Fsp3) is 0.350. The van der Waals surface area contributed by atoms with E-state index in [1.165, 1.54) is 5.56 Å². The number of carbonyl (C=O) groups excluding carboxylic acids is 1. The maximum absolute atomic E-state index is 12.3. The highest BCUT2D eigenvalue weighted by molar-refractivity contribution is 9.10. The van der Waals surface area contributed by atoms with Gasteiger partial charge in [-0.05, 0) is 55.8 Å². The molecule has 0 radical (unpaired) electrons. The van der Waals surface area contributed by atoms with Crippen LogP contribution < -0.4 is 5.32 Å². The zero-order valence-corrected chi connectivity index (χ0v) is 16.1. The van der Waals surface area contributed by atoms with Crippen LogP contribution >= 0.6 is 15.9 Å². The highest BCUT2D eigenvalue weighted by Gasteiger charge is 2.22. The van der Waals surface area contributed by atoms with Crippen LogP contribution in [-0.4, -0.2) is 36.1 Å². The number of anilines is 1. The molecule has 25 heavy (non-hydrogen) atoms. The zero-order chi connectivity index (χ0) is 17.8. The summed E-state index contributed by atoms with van der Waals surface area (Å²) < 4.78 is 6.76. The summed E-state index contributed by atoms with van der Waals surface area (Å²) in [5, 5.41) is 2.91. The average Bonchev–Trinajstić information content (AvgIpc) is 2.56. The molecular formula is C20H23BrN2O2. The summed E-state index contributed by atoms with van der Waals surface area (Å²) in [4.78, 5) is 14.7. The van der Waals surface area contributed by atoms with Crippen LogP contribution in [0.2, 0.25) is 0 Å². The first-order chi connectivity index (χ1) is 12.0. The minimum absolute atomic E-state index is 0.0949. The molecule has 132 valence electrons. The summed E-state index contributed by atoms with van der Waals surface area (Å²) in [5.74, 6) is -0.0949. The molecule has 1 aliphatic rings. The number of benzene rings is 2. The van der Waals surface area contributed by atoms with Crippen molar-refractivity contribution < 1.29 is 9.53 Å². The van der Waals surface area contributed by atoms with Gasteiger partial charge in [0.2, 0.25) is 0 Å². The van der Waals surface area contributed by atoms with E-state index in [2.05, 4.69) is 40.0 Å². The van der Waals surface area contributed by atoms with Crippen LogP contribution in [-0.2, 0) is 11.3 Å². The topological polar surface area (TPSA) is 41.6 Å². The summed E-state index contributed by atoms with van der Waals surface area (Å²) in [6, 6.07) is 15.4. The molecule has 2 aromatic carbocycles. The smallest absolute Gasteiger partial charge is 0.255 e. The number of ether oxygens (including phenoxy) is 1. The molecular weight excluding hydrogens is 380 g/mol. The number of nitrogens with zero attached hydrogens (tertiary/aromatic N) is 1. The summed E-state index contributed by atoms with van der Waals surface area (Å²) >= 11 is 3.39. The Kier molecular flexibility index (Phi) is 5.89. The predicted octanol–water partition coefficient (Wildman–Crippen LogP) is 4.31. The van der Waals surface area contributed by atoms with E-state index in [4.69, 9.17) is 4.74 Å². The van der Waals surface area contributed by atoms with Gasteiger partial charge < -0.3 is 10.1 Å². The van der Waals surface area contributed by atoms with Crippen molar-refractivity contribution in [3.63, 3.8) is 0 Å². The molecule has 4 nitrogen and oxygen atoms in total. The van der Waals surface area contributed by atoms with Crippen LogP contribution in [0.25, 0.3) is 0 Å². The van der Waals surface area contributed by atoms with E-state index in [-0.39, 0.29) is 18.1 Å². The molecule has 1 N–H and O–H groups in total. The van der Waals surface area contributed by atoms with Gasteiger partial charge in [-0.25, -0.2) is 0 Å². The van der Waals surface area contributed by atoms with Crippen molar-refractivity contribution in [2.24, 2.45) is 0 Å². The molecule has 5 heteroatoms. The number of amides is 1. The van der Waals surface area contributed by atoms with Crippen LogP contribution in [0.4, 0.5) is 5.69 Å². The first-order valence-corrected chi connectivity index (χ1v) is 9.32. The Labute approximate surface area is 157 Å². The second-order valence-electron chi connectivity index (χ2n) is 6.61. The molecule has 1 aliphatic heterocycles. The lowest BCUT2D eigenvalue weighted by molar-refractivity contribution is -0.0704. The van der Waals surface area contributed by atoms with Crippen LogP contribution in [0, 0.1) is 0 Å². The van der Waals surface area contributed by atoms with Gasteiger partial charge in [0, 0.05) is 35.4 Å². The lowest BCUT2D eigenvalue weighted by Gasteiger charge is -2.35. The fourth-order valence-electron chi connectivity index (χ4n) is 3.17. The number of halogens is 1. The second kappa shape index (κ2) is 8.13. The first kappa shape index (κ1) is 18.1. The lowest BCUT2D eigenvalue weighted by atomic mass is 10.1. The quantitative estimate of drug-likeness (QED) is 0.827. The highest BCUT2D eigenvalue weighted by atomic mass is 79.9. The molecule has 1 heterocycles. The molecule has 1 amide bonds. The van der Waals surface area contributed by atoms with Crippen LogP contribution in [0.3, 0.4) is 0 Å². The van der Waals surface area contributed by atoms with E-state index in [0.29, 0.717) is 5.56 Å². The van der Waals surface area contributed by atoms with E-state index in [0.717, 1.165) is 29.8 Å². The number of hydrogen-bond acceptors (Lipinski definition) is 3. The summed E-state index contributed by atoms with van der Waals surface area (Å²) in [5.41, 5.74) is 2.66. The van der Waals surface area contributed by atoms with Crippen molar-refractivity contribution in [1.82, 2.24) is 4.90 Å². The van der Waals surface area contributed by atoms with Gasteiger partial charge in [-0.2, -0.15) is 0 Å². The molecule has 1 saturated heterocycles. The van der Waals surface area contributed by atoms with Gasteiger partial charge in [0.25, 0.3) is 5.91 Å². The van der Waals surface area contributed by atoms with Crippen LogP contribution in [0.15, 0.2) is 53.0 Å². The summed E-state index contributed by atoms with van der Waals surface area (Å²) in [6.45, 7) is 6.98. The Morgan fingerprint density at radius 1 is 1.08 bits per heavy atom. The van der Waals surface area contributed by atoms with Gasteiger partial charge in [-0.15, -0.1) is 0 Å².